The van der Waals surface area contributed by atoms with Gasteiger partial charge >= 0.3 is 12.0 Å². The van der Waals surface area contributed by atoms with E-state index in [4.69, 9.17) is 4.74 Å². The number of unbranched alkanes of at least 4 members (excludes halogenated alkanes) is 2. The van der Waals surface area contributed by atoms with E-state index < -0.39 is 0 Å². The number of ether oxygens (including phenoxy) is 1. The predicted octanol–water partition coefficient (Wildman–Crippen LogP) is 2.41. The lowest BCUT2D eigenvalue weighted by molar-refractivity contribution is -0.139. The normalized spacial score (nSPS) is 18.2. The van der Waals surface area contributed by atoms with Gasteiger partial charge in [0.15, 0.2) is 0 Å². The standard InChI is InChI=1S/C17H31N3O3/c1-6-8-9-10-20(12(3)4)11-14-15(16(21)23-7-2)13(5)18-17(22)19-14/h12-13H,6-11H2,1-5H3,(H2,18,19,22). The second kappa shape index (κ2) is 9.55. The van der Waals surface area contributed by atoms with Gasteiger partial charge < -0.3 is 15.4 Å². The van der Waals surface area contributed by atoms with E-state index in [0.717, 1.165) is 13.0 Å². The van der Waals surface area contributed by atoms with Crippen LogP contribution in [0.1, 0.15) is 53.9 Å². The molecular formula is C17H31N3O3. The lowest BCUT2D eigenvalue weighted by Gasteiger charge is -2.32. The fraction of sp³-hybridized carbons (Fsp3) is 0.765. The maximum atomic E-state index is 12.2. The van der Waals surface area contributed by atoms with Crippen molar-refractivity contribution in [3.8, 4) is 0 Å². The van der Waals surface area contributed by atoms with E-state index in [-0.39, 0.29) is 18.0 Å². The van der Waals surface area contributed by atoms with Gasteiger partial charge in [0.1, 0.15) is 0 Å². The number of esters is 1. The first kappa shape index (κ1) is 19.5. The molecule has 1 heterocycles. The molecule has 0 aromatic rings. The van der Waals surface area contributed by atoms with Gasteiger partial charge in [-0.2, -0.15) is 0 Å². The zero-order valence-electron chi connectivity index (χ0n) is 15.1. The Kier molecular flexibility index (Phi) is 8.09. The average Bonchev–Trinajstić information content (AvgIpc) is 2.45. The van der Waals surface area contributed by atoms with Gasteiger partial charge in [-0.1, -0.05) is 19.8 Å². The molecule has 0 radical (unpaired) electrons. The van der Waals surface area contributed by atoms with Crippen LogP contribution in [-0.4, -0.2) is 48.7 Å². The number of rotatable bonds is 9. The molecule has 1 aliphatic rings. The Hall–Kier alpha value is -1.56. The van der Waals surface area contributed by atoms with Crippen molar-refractivity contribution in [2.75, 3.05) is 19.7 Å². The molecule has 1 unspecified atom stereocenters. The molecule has 0 aliphatic carbocycles. The van der Waals surface area contributed by atoms with Crippen molar-refractivity contribution >= 4 is 12.0 Å². The van der Waals surface area contributed by atoms with E-state index in [0.29, 0.717) is 30.5 Å². The molecule has 0 fully saturated rings. The van der Waals surface area contributed by atoms with Crippen LogP contribution in [-0.2, 0) is 9.53 Å². The SMILES string of the molecule is CCCCCN(CC1=C(C(=O)OCC)C(C)NC(=O)N1)C(C)C. The third kappa shape index (κ3) is 5.86. The van der Waals surface area contributed by atoms with Crippen LogP contribution in [0.15, 0.2) is 11.3 Å². The predicted molar refractivity (Wildman–Crippen MR) is 91.0 cm³/mol. The Bertz CT molecular complexity index is 446. The van der Waals surface area contributed by atoms with Crippen molar-refractivity contribution in [2.45, 2.75) is 66.0 Å². The topological polar surface area (TPSA) is 70.7 Å². The van der Waals surface area contributed by atoms with Crippen molar-refractivity contribution in [1.29, 1.82) is 0 Å². The minimum atomic E-state index is -0.361. The molecule has 6 nitrogen and oxygen atoms in total. The van der Waals surface area contributed by atoms with E-state index in [9.17, 15) is 9.59 Å². The molecule has 2 amide bonds. The van der Waals surface area contributed by atoms with E-state index in [2.05, 4.69) is 36.3 Å². The van der Waals surface area contributed by atoms with Crippen LogP contribution < -0.4 is 10.6 Å². The van der Waals surface area contributed by atoms with Crippen molar-refractivity contribution in [2.24, 2.45) is 0 Å². The summed E-state index contributed by atoms with van der Waals surface area (Å²) in [6, 6.07) is -0.273. The lowest BCUT2D eigenvalue weighted by Crippen LogP contribution is -2.51. The molecule has 2 N–H and O–H groups in total. The molecule has 0 spiro atoms. The second-order valence-corrected chi connectivity index (χ2v) is 6.20. The first-order valence-corrected chi connectivity index (χ1v) is 8.62. The van der Waals surface area contributed by atoms with Crippen LogP contribution in [0.2, 0.25) is 0 Å². The Morgan fingerprint density at radius 3 is 2.57 bits per heavy atom. The molecule has 1 aliphatic heterocycles. The molecular weight excluding hydrogens is 294 g/mol. The zero-order valence-corrected chi connectivity index (χ0v) is 15.1. The molecule has 0 saturated heterocycles. The number of nitrogens with one attached hydrogen (secondary N) is 2. The van der Waals surface area contributed by atoms with Gasteiger partial charge in [-0.15, -0.1) is 0 Å². The van der Waals surface area contributed by atoms with Crippen molar-refractivity contribution < 1.29 is 14.3 Å². The first-order valence-electron chi connectivity index (χ1n) is 8.62. The minimum absolute atomic E-state index is 0.266. The van der Waals surface area contributed by atoms with Gasteiger partial charge in [0.05, 0.1) is 18.2 Å². The quantitative estimate of drug-likeness (QED) is 0.504. The third-order valence-corrected chi connectivity index (χ3v) is 4.01. The van der Waals surface area contributed by atoms with Crippen molar-refractivity contribution in [3.05, 3.63) is 11.3 Å². The molecule has 132 valence electrons. The molecule has 1 rings (SSSR count). The van der Waals surface area contributed by atoms with Crippen LogP contribution in [0.4, 0.5) is 4.79 Å². The Balaban J connectivity index is 2.96. The summed E-state index contributed by atoms with van der Waals surface area (Å²) >= 11 is 0. The Labute approximate surface area is 139 Å². The molecule has 23 heavy (non-hydrogen) atoms. The highest BCUT2D eigenvalue weighted by molar-refractivity contribution is 5.94. The fourth-order valence-electron chi connectivity index (χ4n) is 2.69. The summed E-state index contributed by atoms with van der Waals surface area (Å²) in [5, 5.41) is 5.53. The zero-order chi connectivity index (χ0) is 17.4. The largest absolute Gasteiger partial charge is 0.463 e. The first-order chi connectivity index (χ1) is 10.9. The van der Waals surface area contributed by atoms with Gasteiger partial charge in [-0.3, -0.25) is 4.90 Å². The maximum Gasteiger partial charge on any atom is 0.337 e. The van der Waals surface area contributed by atoms with Crippen LogP contribution in [0.5, 0.6) is 0 Å². The summed E-state index contributed by atoms with van der Waals surface area (Å²) in [6.07, 6.45) is 3.45. The van der Waals surface area contributed by atoms with Gasteiger partial charge in [-0.05, 0) is 40.7 Å². The lowest BCUT2D eigenvalue weighted by atomic mass is 10.0. The summed E-state index contributed by atoms with van der Waals surface area (Å²) < 4.78 is 5.15. The smallest absolute Gasteiger partial charge is 0.337 e. The number of amides is 2. The van der Waals surface area contributed by atoms with Crippen LogP contribution >= 0.6 is 0 Å². The number of carbonyl (C=O) groups excluding carboxylic acids is 2. The summed E-state index contributed by atoms with van der Waals surface area (Å²) in [4.78, 5) is 26.3. The molecule has 0 saturated carbocycles. The Morgan fingerprint density at radius 2 is 2.00 bits per heavy atom. The summed E-state index contributed by atoms with van der Waals surface area (Å²) in [5.74, 6) is -0.361. The molecule has 1 atom stereocenters. The van der Waals surface area contributed by atoms with Crippen LogP contribution in [0.25, 0.3) is 0 Å². The van der Waals surface area contributed by atoms with Gasteiger partial charge in [0.2, 0.25) is 0 Å². The number of urea groups is 1. The number of carbonyl (C=O) groups is 2. The number of hydrogen-bond acceptors (Lipinski definition) is 4. The molecule has 0 aromatic carbocycles. The van der Waals surface area contributed by atoms with Crippen LogP contribution in [0.3, 0.4) is 0 Å². The van der Waals surface area contributed by atoms with Crippen molar-refractivity contribution in [1.82, 2.24) is 15.5 Å². The van der Waals surface area contributed by atoms with Gasteiger partial charge in [-0.25, -0.2) is 9.59 Å². The van der Waals surface area contributed by atoms with E-state index in [1.165, 1.54) is 12.8 Å². The summed E-state index contributed by atoms with van der Waals surface area (Å²) in [6.45, 7) is 11.8. The highest BCUT2D eigenvalue weighted by Crippen LogP contribution is 2.17. The highest BCUT2D eigenvalue weighted by Gasteiger charge is 2.30. The highest BCUT2D eigenvalue weighted by atomic mass is 16.5. The number of nitrogens with zero attached hydrogens (tertiary/aromatic N) is 1. The Morgan fingerprint density at radius 1 is 1.30 bits per heavy atom. The molecule has 6 heteroatoms. The van der Waals surface area contributed by atoms with E-state index in [1.54, 1.807) is 6.92 Å². The second-order valence-electron chi connectivity index (χ2n) is 6.20. The maximum absolute atomic E-state index is 12.2. The average molecular weight is 325 g/mol. The van der Waals surface area contributed by atoms with E-state index >= 15 is 0 Å². The monoisotopic (exact) mass is 325 g/mol. The number of hydrogen-bond donors (Lipinski definition) is 2. The van der Waals surface area contributed by atoms with Crippen LogP contribution in [0, 0.1) is 0 Å². The third-order valence-electron chi connectivity index (χ3n) is 4.01. The van der Waals surface area contributed by atoms with Gasteiger partial charge in [0, 0.05) is 18.3 Å². The van der Waals surface area contributed by atoms with Gasteiger partial charge in [0.25, 0.3) is 0 Å². The fourth-order valence-corrected chi connectivity index (χ4v) is 2.69. The molecule has 0 bridgehead atoms. The minimum Gasteiger partial charge on any atom is -0.463 e. The summed E-state index contributed by atoms with van der Waals surface area (Å²) in [7, 11) is 0. The van der Waals surface area contributed by atoms with E-state index in [1.807, 2.05) is 6.92 Å². The molecule has 0 aromatic heterocycles. The summed E-state index contributed by atoms with van der Waals surface area (Å²) in [5.41, 5.74) is 1.18. The van der Waals surface area contributed by atoms with Crippen molar-refractivity contribution in [3.63, 3.8) is 0 Å².